The Morgan fingerprint density at radius 2 is 2.22 bits per heavy atom. The summed E-state index contributed by atoms with van der Waals surface area (Å²) in [5.41, 5.74) is 1.59. The second-order valence-corrected chi connectivity index (χ2v) is 5.32. The van der Waals surface area contributed by atoms with Gasteiger partial charge in [-0.15, -0.1) is 0 Å². The van der Waals surface area contributed by atoms with Crippen molar-refractivity contribution in [2.75, 3.05) is 0 Å². The Labute approximate surface area is 114 Å². The van der Waals surface area contributed by atoms with Crippen molar-refractivity contribution in [1.29, 1.82) is 0 Å². The lowest BCUT2D eigenvalue weighted by Crippen LogP contribution is -2.10. The lowest BCUT2D eigenvalue weighted by atomic mass is 10.0. The van der Waals surface area contributed by atoms with Crippen molar-refractivity contribution in [1.82, 2.24) is 9.55 Å². The number of hydrogen-bond acceptors (Lipinski definition) is 1. The Bertz CT molecular complexity index is 686. The summed E-state index contributed by atoms with van der Waals surface area (Å²) in [6.45, 7) is 0. The van der Waals surface area contributed by atoms with Crippen LogP contribution in [0, 0.1) is 10.6 Å². The van der Waals surface area contributed by atoms with E-state index in [2.05, 4.69) is 21.7 Å². The Kier molecular flexibility index (Phi) is 2.99. The number of nitrogens with zero attached hydrogens (tertiary/aromatic N) is 1. The fourth-order valence-corrected chi connectivity index (χ4v) is 3.01. The number of hydrogen-bond donors (Lipinski definition) is 1. The van der Waals surface area contributed by atoms with E-state index in [-0.39, 0.29) is 5.02 Å². The van der Waals surface area contributed by atoms with Crippen LogP contribution >= 0.6 is 23.8 Å². The molecule has 1 aliphatic rings. The highest BCUT2D eigenvalue weighted by Crippen LogP contribution is 2.30. The first-order valence-corrected chi connectivity index (χ1v) is 6.69. The summed E-state index contributed by atoms with van der Waals surface area (Å²) in [5, 5.41) is 0.136. The van der Waals surface area contributed by atoms with E-state index < -0.39 is 5.82 Å². The Morgan fingerprint density at radius 3 is 2.94 bits per heavy atom. The van der Waals surface area contributed by atoms with E-state index in [4.69, 9.17) is 23.8 Å². The minimum atomic E-state index is -0.420. The van der Waals surface area contributed by atoms with Crippen LogP contribution in [0.4, 0.5) is 4.39 Å². The lowest BCUT2D eigenvalue weighted by Gasteiger charge is -2.20. The third-order valence-corrected chi connectivity index (χ3v) is 3.95. The Hall–Kier alpha value is -1.13. The number of imidazole rings is 1. The minimum absolute atomic E-state index is 0.136. The monoisotopic (exact) mass is 282 g/mol. The second kappa shape index (κ2) is 4.52. The molecule has 1 aromatic heterocycles. The Morgan fingerprint density at radius 1 is 1.39 bits per heavy atom. The third-order valence-electron chi connectivity index (χ3n) is 3.37. The topological polar surface area (TPSA) is 20.7 Å². The summed E-state index contributed by atoms with van der Waals surface area (Å²) in [6, 6.07) is 3.39. The highest BCUT2D eigenvalue weighted by molar-refractivity contribution is 7.71. The smallest absolute Gasteiger partial charge is 0.178 e. The maximum Gasteiger partial charge on any atom is 0.178 e. The number of nitrogens with one attached hydrogen (secondary N) is 1. The molecule has 0 amide bonds. The van der Waals surface area contributed by atoms with Gasteiger partial charge in [-0.3, -0.25) is 0 Å². The number of halogens is 2. The molecule has 0 saturated heterocycles. The van der Waals surface area contributed by atoms with Crippen LogP contribution in [-0.4, -0.2) is 9.55 Å². The summed E-state index contributed by atoms with van der Waals surface area (Å²) in [6.07, 6.45) is 7.40. The molecule has 0 radical (unpaired) electrons. The molecule has 0 fully saturated rings. The molecule has 0 spiro atoms. The molecule has 94 valence electrons. The number of rotatable bonds is 1. The maximum absolute atomic E-state index is 13.4. The third kappa shape index (κ3) is 1.89. The molecule has 1 N–H and O–H groups in total. The van der Waals surface area contributed by atoms with Gasteiger partial charge < -0.3 is 9.55 Å². The van der Waals surface area contributed by atoms with Gasteiger partial charge >= 0.3 is 0 Å². The van der Waals surface area contributed by atoms with Gasteiger partial charge in [0, 0.05) is 12.1 Å². The normalized spacial score (nSPS) is 19.6. The zero-order chi connectivity index (χ0) is 12.7. The molecule has 1 aromatic carbocycles. The molecule has 1 unspecified atom stereocenters. The molecule has 5 heteroatoms. The van der Waals surface area contributed by atoms with Gasteiger partial charge in [0.25, 0.3) is 0 Å². The number of benzene rings is 1. The molecule has 3 rings (SSSR count). The van der Waals surface area contributed by atoms with Crippen molar-refractivity contribution in [2.24, 2.45) is 0 Å². The van der Waals surface area contributed by atoms with Crippen LogP contribution in [0.1, 0.15) is 25.3 Å². The van der Waals surface area contributed by atoms with Crippen LogP contribution in [-0.2, 0) is 0 Å². The van der Waals surface area contributed by atoms with E-state index in [1.807, 2.05) is 0 Å². The Balaban J connectivity index is 2.22. The van der Waals surface area contributed by atoms with Gasteiger partial charge in [0.15, 0.2) is 4.77 Å². The first kappa shape index (κ1) is 11.9. The highest BCUT2D eigenvalue weighted by Gasteiger charge is 2.17. The SMILES string of the molecule is Fc1cc2[nH]c(=S)n(C3CC=CCC3)c2cc1Cl. The van der Waals surface area contributed by atoms with Gasteiger partial charge in [0.2, 0.25) is 0 Å². The van der Waals surface area contributed by atoms with Gasteiger partial charge in [-0.1, -0.05) is 23.8 Å². The summed E-state index contributed by atoms with van der Waals surface area (Å²) in [5.74, 6) is -0.420. The largest absolute Gasteiger partial charge is 0.330 e. The van der Waals surface area contributed by atoms with Gasteiger partial charge in [0.1, 0.15) is 5.82 Å². The van der Waals surface area contributed by atoms with E-state index in [9.17, 15) is 4.39 Å². The van der Waals surface area contributed by atoms with Crippen molar-refractivity contribution >= 4 is 34.9 Å². The number of fused-ring (bicyclic) bond motifs is 1. The van der Waals surface area contributed by atoms with Gasteiger partial charge in [0.05, 0.1) is 16.1 Å². The molecule has 2 nitrogen and oxygen atoms in total. The molecule has 0 saturated carbocycles. The molecule has 0 bridgehead atoms. The van der Waals surface area contributed by atoms with Crippen molar-refractivity contribution in [3.63, 3.8) is 0 Å². The molecule has 1 aliphatic carbocycles. The van der Waals surface area contributed by atoms with Crippen LogP contribution in [0.5, 0.6) is 0 Å². The average Bonchev–Trinajstić information content (AvgIpc) is 2.66. The van der Waals surface area contributed by atoms with E-state index in [1.165, 1.54) is 6.07 Å². The standard InChI is InChI=1S/C13H12ClFN2S/c14-9-6-12-11(7-10(9)15)16-13(18)17(12)8-4-2-1-3-5-8/h1-2,6-8H,3-5H2,(H,16,18). The predicted molar refractivity (Wildman–Crippen MR) is 74.1 cm³/mol. The molecule has 2 aromatic rings. The molecule has 1 heterocycles. The van der Waals surface area contributed by atoms with Crippen LogP contribution < -0.4 is 0 Å². The van der Waals surface area contributed by atoms with Crippen molar-refractivity contribution in [3.05, 3.63) is 39.9 Å². The predicted octanol–water partition coefficient (Wildman–Crippen LogP) is 4.77. The van der Waals surface area contributed by atoms with Crippen LogP contribution in [0.15, 0.2) is 24.3 Å². The lowest BCUT2D eigenvalue weighted by molar-refractivity contribution is 0.467. The van der Waals surface area contributed by atoms with Crippen LogP contribution in [0.3, 0.4) is 0 Å². The summed E-state index contributed by atoms with van der Waals surface area (Å²) < 4.78 is 16.1. The fourth-order valence-electron chi connectivity index (χ4n) is 2.50. The van der Waals surface area contributed by atoms with Gasteiger partial charge in [-0.25, -0.2) is 4.39 Å². The fraction of sp³-hybridized carbons (Fsp3) is 0.308. The zero-order valence-electron chi connectivity index (χ0n) is 9.62. The van der Waals surface area contributed by atoms with Crippen LogP contribution in [0.25, 0.3) is 11.0 Å². The van der Waals surface area contributed by atoms with Gasteiger partial charge in [-0.05, 0) is 37.5 Å². The molecule has 1 atom stereocenters. The molecular weight excluding hydrogens is 271 g/mol. The molecule has 0 aliphatic heterocycles. The van der Waals surface area contributed by atoms with E-state index in [1.54, 1.807) is 6.07 Å². The van der Waals surface area contributed by atoms with E-state index >= 15 is 0 Å². The van der Waals surface area contributed by atoms with E-state index in [0.29, 0.717) is 16.3 Å². The van der Waals surface area contributed by atoms with Gasteiger partial charge in [-0.2, -0.15) is 0 Å². The summed E-state index contributed by atoms with van der Waals surface area (Å²) in [7, 11) is 0. The number of H-pyrrole nitrogens is 1. The minimum Gasteiger partial charge on any atom is -0.330 e. The van der Waals surface area contributed by atoms with Crippen molar-refractivity contribution in [2.45, 2.75) is 25.3 Å². The van der Waals surface area contributed by atoms with Crippen LogP contribution in [0.2, 0.25) is 5.02 Å². The molecule has 18 heavy (non-hydrogen) atoms. The van der Waals surface area contributed by atoms with Crippen molar-refractivity contribution in [3.8, 4) is 0 Å². The van der Waals surface area contributed by atoms with Crippen molar-refractivity contribution < 1.29 is 4.39 Å². The quantitative estimate of drug-likeness (QED) is 0.590. The second-order valence-electron chi connectivity index (χ2n) is 4.52. The average molecular weight is 283 g/mol. The molecular formula is C13H12ClFN2S. The van der Waals surface area contributed by atoms with E-state index in [0.717, 1.165) is 24.8 Å². The maximum atomic E-state index is 13.4. The number of aromatic amines is 1. The zero-order valence-corrected chi connectivity index (χ0v) is 11.2. The number of aromatic nitrogens is 2. The first-order chi connectivity index (χ1) is 8.66. The number of allylic oxidation sites excluding steroid dienone is 2. The highest BCUT2D eigenvalue weighted by atomic mass is 35.5. The summed E-state index contributed by atoms with van der Waals surface area (Å²) in [4.78, 5) is 3.05. The first-order valence-electron chi connectivity index (χ1n) is 5.91. The summed E-state index contributed by atoms with van der Waals surface area (Å²) >= 11 is 11.2.